The molecule has 0 amide bonds. The lowest BCUT2D eigenvalue weighted by atomic mass is 9.97. The van der Waals surface area contributed by atoms with Gasteiger partial charge in [-0.05, 0) is 7.05 Å². The van der Waals surface area contributed by atoms with E-state index in [0.29, 0.717) is 6.54 Å². The second-order valence-electron chi connectivity index (χ2n) is 3.31. The van der Waals surface area contributed by atoms with Crippen LogP contribution < -0.4 is 0 Å². The van der Waals surface area contributed by atoms with Gasteiger partial charge in [0.1, 0.15) is 0 Å². The Kier molecular flexibility index (Phi) is 2.63. The summed E-state index contributed by atoms with van der Waals surface area (Å²) >= 11 is 0. The van der Waals surface area contributed by atoms with Crippen LogP contribution in [-0.4, -0.2) is 42.9 Å². The minimum atomic E-state index is -4.17. The SMILES string of the molecule is CN1CC(CO)[C@@H](C(F)(F)F)C1. The van der Waals surface area contributed by atoms with Crippen LogP contribution in [0.25, 0.3) is 0 Å². The lowest BCUT2D eigenvalue weighted by molar-refractivity contribution is -0.182. The van der Waals surface area contributed by atoms with E-state index in [1.807, 2.05) is 0 Å². The second-order valence-corrected chi connectivity index (χ2v) is 3.31. The Bertz CT molecular complexity index is 159. The molecule has 0 aromatic heterocycles. The highest BCUT2D eigenvalue weighted by Gasteiger charge is 2.48. The first-order valence-electron chi connectivity index (χ1n) is 3.81. The molecule has 0 aliphatic carbocycles. The predicted octanol–water partition coefficient (Wildman–Crippen LogP) is 0.719. The van der Waals surface area contributed by atoms with E-state index < -0.39 is 18.0 Å². The first-order chi connectivity index (χ1) is 5.45. The largest absolute Gasteiger partial charge is 0.396 e. The lowest BCUT2D eigenvalue weighted by Gasteiger charge is -2.18. The Morgan fingerprint density at radius 3 is 2.33 bits per heavy atom. The molecule has 1 aliphatic heterocycles. The van der Waals surface area contributed by atoms with Crippen molar-refractivity contribution in [1.29, 1.82) is 0 Å². The van der Waals surface area contributed by atoms with Crippen molar-refractivity contribution in [3.63, 3.8) is 0 Å². The van der Waals surface area contributed by atoms with Gasteiger partial charge in [-0.3, -0.25) is 0 Å². The molecule has 1 rings (SSSR count). The smallest absolute Gasteiger partial charge is 0.393 e. The van der Waals surface area contributed by atoms with E-state index in [4.69, 9.17) is 5.11 Å². The number of halogens is 3. The van der Waals surface area contributed by atoms with E-state index in [0.717, 1.165) is 0 Å². The molecule has 0 spiro atoms. The van der Waals surface area contributed by atoms with Crippen molar-refractivity contribution in [3.8, 4) is 0 Å². The highest BCUT2D eigenvalue weighted by Crippen LogP contribution is 2.36. The Labute approximate surface area is 69.0 Å². The van der Waals surface area contributed by atoms with Gasteiger partial charge in [-0.1, -0.05) is 0 Å². The van der Waals surface area contributed by atoms with E-state index in [1.54, 1.807) is 11.9 Å². The van der Waals surface area contributed by atoms with Crippen molar-refractivity contribution >= 4 is 0 Å². The number of likely N-dealkylation sites (tertiary alicyclic amines) is 1. The summed E-state index contributed by atoms with van der Waals surface area (Å²) in [6.07, 6.45) is -4.17. The van der Waals surface area contributed by atoms with Gasteiger partial charge in [0.05, 0.1) is 5.92 Å². The van der Waals surface area contributed by atoms with Crippen LogP contribution in [0.5, 0.6) is 0 Å². The number of hydrogen-bond donors (Lipinski definition) is 1. The molecule has 1 unspecified atom stereocenters. The molecule has 1 fully saturated rings. The summed E-state index contributed by atoms with van der Waals surface area (Å²) in [5, 5.41) is 8.69. The van der Waals surface area contributed by atoms with Crippen molar-refractivity contribution < 1.29 is 18.3 Å². The molecule has 1 N–H and O–H groups in total. The Morgan fingerprint density at radius 1 is 1.42 bits per heavy atom. The van der Waals surface area contributed by atoms with E-state index in [1.165, 1.54) is 0 Å². The highest BCUT2D eigenvalue weighted by molar-refractivity contribution is 4.86. The fourth-order valence-electron chi connectivity index (χ4n) is 1.64. The van der Waals surface area contributed by atoms with Crippen LogP contribution in [-0.2, 0) is 0 Å². The van der Waals surface area contributed by atoms with Crippen LogP contribution in [0.3, 0.4) is 0 Å². The van der Waals surface area contributed by atoms with Gasteiger partial charge in [0, 0.05) is 25.6 Å². The van der Waals surface area contributed by atoms with Crippen LogP contribution in [0.2, 0.25) is 0 Å². The molecule has 0 aromatic carbocycles. The molecule has 5 heteroatoms. The summed E-state index contributed by atoms with van der Waals surface area (Å²) in [7, 11) is 1.63. The summed E-state index contributed by atoms with van der Waals surface area (Å²) in [4.78, 5) is 1.60. The fraction of sp³-hybridized carbons (Fsp3) is 1.00. The second kappa shape index (κ2) is 3.22. The minimum Gasteiger partial charge on any atom is -0.396 e. The summed E-state index contributed by atoms with van der Waals surface area (Å²) in [5.41, 5.74) is 0. The fourth-order valence-corrected chi connectivity index (χ4v) is 1.64. The van der Waals surface area contributed by atoms with E-state index in [2.05, 4.69) is 0 Å². The zero-order valence-corrected chi connectivity index (χ0v) is 6.80. The molecule has 1 aliphatic rings. The number of aliphatic hydroxyl groups excluding tert-OH is 1. The monoisotopic (exact) mass is 183 g/mol. The summed E-state index contributed by atoms with van der Waals surface area (Å²) in [5.74, 6) is -2.00. The third-order valence-corrected chi connectivity index (χ3v) is 2.28. The number of aliphatic hydroxyl groups is 1. The van der Waals surface area contributed by atoms with Crippen molar-refractivity contribution in [1.82, 2.24) is 4.90 Å². The average molecular weight is 183 g/mol. The molecular weight excluding hydrogens is 171 g/mol. The van der Waals surface area contributed by atoms with E-state index in [-0.39, 0.29) is 13.2 Å². The normalized spacial score (nSPS) is 32.8. The summed E-state index contributed by atoms with van der Waals surface area (Å²) in [6.45, 7) is -0.0378. The van der Waals surface area contributed by atoms with Crippen LogP contribution in [0.15, 0.2) is 0 Å². The van der Waals surface area contributed by atoms with Gasteiger partial charge in [0.15, 0.2) is 0 Å². The van der Waals surface area contributed by atoms with Crippen LogP contribution in [0.4, 0.5) is 13.2 Å². The van der Waals surface area contributed by atoms with Gasteiger partial charge in [-0.25, -0.2) is 0 Å². The topological polar surface area (TPSA) is 23.5 Å². The number of rotatable bonds is 1. The van der Waals surface area contributed by atoms with Gasteiger partial charge in [-0.2, -0.15) is 13.2 Å². The maximum absolute atomic E-state index is 12.2. The summed E-state index contributed by atoms with van der Waals surface area (Å²) < 4.78 is 36.7. The molecule has 1 saturated heterocycles. The predicted molar refractivity (Wildman–Crippen MR) is 37.6 cm³/mol. The number of alkyl halides is 3. The standard InChI is InChI=1S/C7H12F3NO/c1-11-2-5(4-12)6(3-11)7(8,9)10/h5-6,12H,2-4H2,1H3/t5?,6-/m0/s1. The van der Waals surface area contributed by atoms with Crippen molar-refractivity contribution in [2.24, 2.45) is 11.8 Å². The van der Waals surface area contributed by atoms with Crippen molar-refractivity contribution in [2.75, 3.05) is 26.7 Å². The molecule has 0 bridgehead atoms. The van der Waals surface area contributed by atoms with Gasteiger partial charge in [0.25, 0.3) is 0 Å². The van der Waals surface area contributed by atoms with Crippen LogP contribution in [0.1, 0.15) is 0 Å². The molecule has 2 atom stereocenters. The Balaban J connectivity index is 2.64. The van der Waals surface area contributed by atoms with Gasteiger partial charge in [-0.15, -0.1) is 0 Å². The maximum Gasteiger partial charge on any atom is 0.393 e. The van der Waals surface area contributed by atoms with Gasteiger partial charge < -0.3 is 10.0 Å². The molecule has 0 aromatic rings. The maximum atomic E-state index is 12.2. The first kappa shape index (κ1) is 9.80. The summed E-state index contributed by atoms with van der Waals surface area (Å²) in [6, 6.07) is 0. The van der Waals surface area contributed by atoms with Crippen LogP contribution >= 0.6 is 0 Å². The molecule has 1 heterocycles. The Morgan fingerprint density at radius 2 is 2.00 bits per heavy atom. The quantitative estimate of drug-likeness (QED) is 0.647. The zero-order valence-electron chi connectivity index (χ0n) is 6.80. The molecular formula is C7H12F3NO. The minimum absolute atomic E-state index is 0.00866. The molecule has 0 saturated carbocycles. The Hall–Kier alpha value is -0.290. The zero-order chi connectivity index (χ0) is 9.35. The molecule has 2 nitrogen and oxygen atoms in total. The first-order valence-corrected chi connectivity index (χ1v) is 3.81. The molecule has 0 radical (unpaired) electrons. The van der Waals surface area contributed by atoms with E-state index >= 15 is 0 Å². The van der Waals surface area contributed by atoms with Crippen molar-refractivity contribution in [2.45, 2.75) is 6.18 Å². The third-order valence-electron chi connectivity index (χ3n) is 2.28. The van der Waals surface area contributed by atoms with Crippen LogP contribution in [0, 0.1) is 11.8 Å². The van der Waals surface area contributed by atoms with Gasteiger partial charge >= 0.3 is 6.18 Å². The highest BCUT2D eigenvalue weighted by atomic mass is 19.4. The molecule has 12 heavy (non-hydrogen) atoms. The lowest BCUT2D eigenvalue weighted by Crippen LogP contribution is -2.31. The number of hydrogen-bond acceptors (Lipinski definition) is 2. The van der Waals surface area contributed by atoms with E-state index in [9.17, 15) is 13.2 Å². The van der Waals surface area contributed by atoms with Crippen molar-refractivity contribution in [3.05, 3.63) is 0 Å². The number of nitrogens with zero attached hydrogens (tertiary/aromatic N) is 1. The molecule has 72 valence electrons. The third kappa shape index (κ3) is 1.90. The average Bonchev–Trinajstić information content (AvgIpc) is 2.29. The van der Waals surface area contributed by atoms with Gasteiger partial charge in [0.2, 0.25) is 0 Å².